The van der Waals surface area contributed by atoms with E-state index in [0.717, 1.165) is 18.4 Å². The Hall–Kier alpha value is -1.31. The van der Waals surface area contributed by atoms with E-state index >= 15 is 0 Å². The number of aryl methyl sites for hydroxylation is 1. The van der Waals surface area contributed by atoms with Crippen LogP contribution in [0.3, 0.4) is 0 Å². The summed E-state index contributed by atoms with van der Waals surface area (Å²) >= 11 is 0. The summed E-state index contributed by atoms with van der Waals surface area (Å²) in [6.07, 6.45) is 1.08. The minimum Gasteiger partial charge on any atom is -0.351 e. The third kappa shape index (κ3) is 7.31. The summed E-state index contributed by atoms with van der Waals surface area (Å²) < 4.78 is 24.9. The highest BCUT2D eigenvalue weighted by Crippen LogP contribution is 2.17. The Morgan fingerprint density at radius 1 is 1.24 bits per heavy atom. The van der Waals surface area contributed by atoms with Gasteiger partial charge < -0.3 is 10.6 Å². The van der Waals surface area contributed by atoms with Gasteiger partial charge in [-0.1, -0.05) is 13.0 Å². The number of halogens is 1. The van der Waals surface area contributed by atoms with Crippen LogP contribution in [0, 0.1) is 6.92 Å². The highest BCUT2D eigenvalue weighted by molar-refractivity contribution is 7.92. The molecule has 21 heavy (non-hydrogen) atoms. The van der Waals surface area contributed by atoms with Crippen LogP contribution in [0.25, 0.3) is 0 Å². The number of likely N-dealkylation sites (N-methyl/N-ethyl adjacent to an activating group) is 1. The molecule has 6 nitrogen and oxygen atoms in total. The van der Waals surface area contributed by atoms with Crippen LogP contribution < -0.4 is 15.4 Å². The van der Waals surface area contributed by atoms with Crippen LogP contribution in [0.1, 0.15) is 22.8 Å². The number of hydrogen-bond acceptors (Lipinski definition) is 4. The molecule has 0 unspecified atom stereocenters. The Kier molecular flexibility index (Phi) is 8.31. The number of hydrogen-bond donors (Lipinski definition) is 3. The van der Waals surface area contributed by atoms with Crippen LogP contribution in [0.2, 0.25) is 0 Å². The molecule has 3 N–H and O–H groups in total. The summed E-state index contributed by atoms with van der Waals surface area (Å²) in [5.74, 6) is -0.223. The van der Waals surface area contributed by atoms with Crippen LogP contribution in [-0.2, 0) is 10.0 Å². The zero-order chi connectivity index (χ0) is 15.2. The van der Waals surface area contributed by atoms with Crippen molar-refractivity contribution in [3.05, 3.63) is 29.3 Å². The van der Waals surface area contributed by atoms with E-state index in [1.165, 1.54) is 0 Å². The number of anilines is 1. The fraction of sp³-hybridized carbons (Fsp3) is 0.462. The largest absolute Gasteiger partial charge is 0.351 e. The molecular formula is C13H22ClN3O3S. The molecule has 1 aromatic carbocycles. The normalized spacial score (nSPS) is 10.6. The molecule has 0 aliphatic heterocycles. The first kappa shape index (κ1) is 19.7. The molecular weight excluding hydrogens is 314 g/mol. The fourth-order valence-corrected chi connectivity index (χ4v) is 2.24. The maximum atomic E-state index is 11.9. The average Bonchev–Trinajstić information content (AvgIpc) is 2.35. The summed E-state index contributed by atoms with van der Waals surface area (Å²) in [4.78, 5) is 11.9. The first-order chi connectivity index (χ1) is 9.33. The highest BCUT2D eigenvalue weighted by Gasteiger charge is 2.10. The van der Waals surface area contributed by atoms with Crippen LogP contribution in [-0.4, -0.2) is 40.2 Å². The van der Waals surface area contributed by atoms with E-state index in [4.69, 9.17) is 0 Å². The standard InChI is InChI=1S/C13H21N3O3S.ClH/c1-4-14-7-8-15-13(17)11-6-5-10(2)12(9-11)16-20(3,18)19;/h5-6,9,14,16H,4,7-8H2,1-3H3,(H,15,17);1H. The second kappa shape index (κ2) is 8.86. The molecule has 0 radical (unpaired) electrons. The Balaban J connectivity index is 0.00000400. The van der Waals surface area contributed by atoms with Crippen LogP contribution in [0.5, 0.6) is 0 Å². The average molecular weight is 336 g/mol. The minimum absolute atomic E-state index is 0. The van der Waals surface area contributed by atoms with Crippen LogP contribution >= 0.6 is 12.4 Å². The van der Waals surface area contributed by atoms with Crippen LogP contribution in [0.15, 0.2) is 18.2 Å². The number of benzene rings is 1. The third-order valence-corrected chi connectivity index (χ3v) is 3.22. The second-order valence-corrected chi connectivity index (χ2v) is 6.26. The minimum atomic E-state index is -3.36. The fourth-order valence-electron chi connectivity index (χ4n) is 1.62. The van der Waals surface area contributed by atoms with E-state index in [1.54, 1.807) is 25.1 Å². The van der Waals surface area contributed by atoms with Gasteiger partial charge in [-0.2, -0.15) is 0 Å². The van der Waals surface area contributed by atoms with Gasteiger partial charge in [0.15, 0.2) is 0 Å². The van der Waals surface area contributed by atoms with Gasteiger partial charge in [0.05, 0.1) is 11.9 Å². The lowest BCUT2D eigenvalue weighted by atomic mass is 10.1. The number of carbonyl (C=O) groups is 1. The summed E-state index contributed by atoms with van der Waals surface area (Å²) in [7, 11) is -3.36. The van der Waals surface area contributed by atoms with Gasteiger partial charge in [0.2, 0.25) is 10.0 Å². The number of carbonyl (C=O) groups excluding carboxylic acids is 1. The zero-order valence-electron chi connectivity index (χ0n) is 12.4. The molecule has 0 bridgehead atoms. The van der Waals surface area contributed by atoms with Crippen molar-refractivity contribution in [2.75, 3.05) is 30.6 Å². The Morgan fingerprint density at radius 2 is 1.90 bits per heavy atom. The van der Waals surface area contributed by atoms with E-state index in [-0.39, 0.29) is 18.3 Å². The van der Waals surface area contributed by atoms with Gasteiger partial charge >= 0.3 is 0 Å². The van der Waals surface area contributed by atoms with E-state index in [0.29, 0.717) is 24.3 Å². The highest BCUT2D eigenvalue weighted by atomic mass is 35.5. The van der Waals surface area contributed by atoms with E-state index in [2.05, 4.69) is 15.4 Å². The predicted octanol–water partition coefficient (Wildman–Crippen LogP) is 1.13. The first-order valence-corrected chi connectivity index (χ1v) is 8.30. The molecule has 0 heterocycles. The Morgan fingerprint density at radius 3 is 2.48 bits per heavy atom. The van der Waals surface area contributed by atoms with Gasteiger partial charge in [-0.15, -0.1) is 12.4 Å². The quantitative estimate of drug-likeness (QED) is 0.652. The summed E-state index contributed by atoms with van der Waals surface area (Å²) in [5.41, 5.74) is 1.62. The van der Waals surface area contributed by atoms with Gasteiger partial charge in [-0.3, -0.25) is 9.52 Å². The molecule has 1 aromatic rings. The molecule has 1 amide bonds. The molecule has 0 aliphatic rings. The molecule has 120 valence electrons. The van der Waals surface area contributed by atoms with Gasteiger partial charge in [0.25, 0.3) is 5.91 Å². The van der Waals surface area contributed by atoms with Crippen molar-refractivity contribution in [1.82, 2.24) is 10.6 Å². The lowest BCUT2D eigenvalue weighted by molar-refractivity contribution is 0.0954. The molecule has 0 atom stereocenters. The third-order valence-electron chi connectivity index (χ3n) is 2.63. The first-order valence-electron chi connectivity index (χ1n) is 6.41. The molecule has 0 fully saturated rings. The van der Waals surface area contributed by atoms with Crippen molar-refractivity contribution in [2.24, 2.45) is 0 Å². The maximum absolute atomic E-state index is 11.9. The SMILES string of the molecule is CCNCCNC(=O)c1ccc(C)c(NS(C)(=O)=O)c1.Cl. The number of sulfonamides is 1. The molecule has 0 spiro atoms. The second-order valence-electron chi connectivity index (χ2n) is 4.51. The lowest BCUT2D eigenvalue weighted by Gasteiger charge is -2.10. The molecule has 0 saturated heterocycles. The van der Waals surface area contributed by atoms with E-state index < -0.39 is 10.0 Å². The predicted molar refractivity (Wildman–Crippen MR) is 87.8 cm³/mol. The number of nitrogens with one attached hydrogen (secondary N) is 3. The van der Waals surface area contributed by atoms with Gasteiger partial charge in [0.1, 0.15) is 0 Å². The molecule has 0 aromatic heterocycles. The zero-order valence-corrected chi connectivity index (χ0v) is 14.0. The monoisotopic (exact) mass is 335 g/mol. The Bertz CT molecular complexity index is 576. The summed E-state index contributed by atoms with van der Waals surface area (Å²) in [5, 5.41) is 5.86. The molecule has 0 aliphatic carbocycles. The molecule has 0 saturated carbocycles. The number of amides is 1. The van der Waals surface area contributed by atoms with Crippen molar-refractivity contribution < 1.29 is 13.2 Å². The van der Waals surface area contributed by atoms with Crippen LogP contribution in [0.4, 0.5) is 5.69 Å². The smallest absolute Gasteiger partial charge is 0.251 e. The lowest BCUT2D eigenvalue weighted by Crippen LogP contribution is -2.31. The summed E-state index contributed by atoms with van der Waals surface area (Å²) in [6, 6.07) is 4.93. The maximum Gasteiger partial charge on any atom is 0.251 e. The van der Waals surface area contributed by atoms with Gasteiger partial charge in [-0.05, 0) is 31.2 Å². The van der Waals surface area contributed by atoms with Crippen molar-refractivity contribution in [3.63, 3.8) is 0 Å². The van der Waals surface area contributed by atoms with Gasteiger partial charge in [0, 0.05) is 18.7 Å². The Labute approximate surface area is 132 Å². The van der Waals surface area contributed by atoms with E-state index in [1.807, 2.05) is 6.92 Å². The molecule has 1 rings (SSSR count). The van der Waals surface area contributed by atoms with Crippen molar-refractivity contribution in [2.45, 2.75) is 13.8 Å². The van der Waals surface area contributed by atoms with Crippen molar-refractivity contribution >= 4 is 34.0 Å². The van der Waals surface area contributed by atoms with Crippen molar-refractivity contribution in [1.29, 1.82) is 0 Å². The topological polar surface area (TPSA) is 87.3 Å². The summed E-state index contributed by atoms with van der Waals surface area (Å²) in [6.45, 7) is 5.84. The van der Waals surface area contributed by atoms with Gasteiger partial charge in [-0.25, -0.2) is 8.42 Å². The number of rotatable bonds is 7. The molecule has 8 heteroatoms. The van der Waals surface area contributed by atoms with Crippen molar-refractivity contribution in [3.8, 4) is 0 Å². The van der Waals surface area contributed by atoms with E-state index in [9.17, 15) is 13.2 Å².